The molecule has 21 heavy (non-hydrogen) atoms. The van der Waals surface area contributed by atoms with Crippen LogP contribution in [0, 0.1) is 0 Å². The van der Waals surface area contributed by atoms with Crippen molar-refractivity contribution in [2.24, 2.45) is 0 Å². The number of hydrogen-bond acceptors (Lipinski definition) is 0. The monoisotopic (exact) mass is 344 g/mol. The predicted molar refractivity (Wildman–Crippen MR) is 94.2 cm³/mol. The molecule has 118 valence electrons. The first-order chi connectivity index (χ1) is 9.21. The number of hydrogen-bond donors (Lipinski definition) is 0. The molecule has 0 aliphatic rings. The Labute approximate surface area is 143 Å². The first-order valence-electron chi connectivity index (χ1n) is 7.36. The molecule has 0 amide bonds. The van der Waals surface area contributed by atoms with Crippen LogP contribution >= 0.6 is 7.92 Å². The first kappa shape index (κ1) is 20.6. The van der Waals surface area contributed by atoms with Gasteiger partial charge in [0.25, 0.3) is 0 Å². The molecular formula is C19H29FeP. The molecule has 0 aromatic heterocycles. The molecular weight excluding hydrogens is 315 g/mol. The summed E-state index contributed by atoms with van der Waals surface area (Å²) in [6.45, 7) is 14.3. The summed E-state index contributed by atoms with van der Waals surface area (Å²) >= 11 is 0. The third kappa shape index (κ3) is 8.01. The maximum absolute atomic E-state index is 2.38. The maximum Gasteiger partial charge on any atom is 2.00 e. The van der Waals surface area contributed by atoms with Crippen molar-refractivity contribution in [3.05, 3.63) is 60.2 Å². The zero-order valence-electron chi connectivity index (χ0n) is 14.2. The van der Waals surface area contributed by atoms with Crippen LogP contribution in [0.2, 0.25) is 0 Å². The Hall–Kier alpha value is -0.351. The third-order valence-electron chi connectivity index (χ3n) is 3.25. The quantitative estimate of drug-likeness (QED) is 0.336. The van der Waals surface area contributed by atoms with E-state index in [2.05, 4.69) is 65.8 Å². The van der Waals surface area contributed by atoms with Crippen molar-refractivity contribution in [3.63, 3.8) is 0 Å². The zero-order chi connectivity index (χ0) is 15.2. The van der Waals surface area contributed by atoms with Gasteiger partial charge in [0.2, 0.25) is 0 Å². The molecule has 2 heteroatoms. The van der Waals surface area contributed by atoms with E-state index in [0.29, 0.717) is 10.3 Å². The molecule has 0 N–H and O–H groups in total. The Morgan fingerprint density at radius 2 is 1.38 bits per heavy atom. The van der Waals surface area contributed by atoms with Gasteiger partial charge in [-0.25, -0.2) is 24.3 Å². The van der Waals surface area contributed by atoms with Crippen LogP contribution in [0.25, 0.3) is 0 Å². The van der Waals surface area contributed by atoms with Crippen LogP contribution in [-0.4, -0.2) is 10.3 Å². The molecule has 0 saturated heterocycles. The van der Waals surface area contributed by atoms with Gasteiger partial charge in [-0.3, -0.25) is 0 Å². The summed E-state index contributed by atoms with van der Waals surface area (Å²) in [4.78, 5) is 0. The Kier molecular flexibility index (Phi) is 8.79. The fraction of sp³-hybridized carbons (Fsp3) is 0.474. The smallest absolute Gasteiger partial charge is 0.214 e. The molecule has 0 unspecified atom stereocenters. The van der Waals surface area contributed by atoms with Crippen LogP contribution in [0.3, 0.4) is 0 Å². The van der Waals surface area contributed by atoms with Crippen molar-refractivity contribution in [2.45, 2.75) is 58.0 Å². The van der Waals surface area contributed by atoms with Crippen molar-refractivity contribution in [3.8, 4) is 0 Å². The molecule has 0 aliphatic carbocycles. The second-order valence-electron chi connectivity index (χ2n) is 7.18. The fourth-order valence-corrected chi connectivity index (χ4v) is 6.04. The Morgan fingerprint density at radius 3 is 1.67 bits per heavy atom. The average molecular weight is 344 g/mol. The molecule has 0 fully saturated rings. The van der Waals surface area contributed by atoms with Gasteiger partial charge in [0, 0.05) is 0 Å². The molecule has 0 atom stereocenters. The van der Waals surface area contributed by atoms with E-state index in [9.17, 15) is 0 Å². The molecule has 0 heterocycles. The van der Waals surface area contributed by atoms with E-state index in [1.165, 1.54) is 11.7 Å². The fourth-order valence-electron chi connectivity index (χ4n) is 2.50. The van der Waals surface area contributed by atoms with Crippen molar-refractivity contribution in [2.75, 3.05) is 0 Å². The van der Waals surface area contributed by atoms with Crippen LogP contribution in [0.4, 0.5) is 0 Å². The second kappa shape index (κ2) is 8.94. The van der Waals surface area contributed by atoms with E-state index in [4.69, 9.17) is 0 Å². The molecule has 0 saturated carbocycles. The SMILES string of the molecule is CC(C)(C)P(Cc1ccc[cH-]1)C(C)(C)C.[Fe+2].c1cc[cH-]c1. The minimum Gasteiger partial charge on any atom is -0.214 e. The average Bonchev–Trinajstić information content (AvgIpc) is 2.99. The summed E-state index contributed by atoms with van der Waals surface area (Å²) in [5.74, 6) is 0. The van der Waals surface area contributed by atoms with Crippen LogP contribution < -0.4 is 0 Å². The van der Waals surface area contributed by atoms with Gasteiger partial charge in [0.15, 0.2) is 0 Å². The van der Waals surface area contributed by atoms with Gasteiger partial charge >= 0.3 is 17.1 Å². The molecule has 0 bridgehead atoms. The number of rotatable bonds is 2. The summed E-state index contributed by atoms with van der Waals surface area (Å²) in [6, 6.07) is 18.8. The summed E-state index contributed by atoms with van der Waals surface area (Å²) in [7, 11) is 0.00669. The molecule has 0 radical (unpaired) electrons. The summed E-state index contributed by atoms with van der Waals surface area (Å²) in [5.41, 5.74) is 1.51. The van der Waals surface area contributed by atoms with E-state index < -0.39 is 0 Å². The van der Waals surface area contributed by atoms with E-state index in [-0.39, 0.29) is 25.0 Å². The predicted octanol–water partition coefficient (Wildman–Crippen LogP) is 6.39. The Bertz CT molecular complexity index is 409. The standard InChI is InChI=1S/C14H24P.C5H5.Fe/c1-13(2,3)15(14(4,5)6)11-12-9-7-8-10-12;1-2-4-5-3-1;/h7-10H,11H2,1-6H3;1-5H;/q2*-1;+2. The Morgan fingerprint density at radius 1 is 0.857 bits per heavy atom. The molecule has 0 spiro atoms. The Balaban J connectivity index is 0.000000562. The van der Waals surface area contributed by atoms with Crippen molar-refractivity contribution in [1.82, 2.24) is 0 Å². The van der Waals surface area contributed by atoms with Gasteiger partial charge in [-0.2, -0.15) is 35.9 Å². The van der Waals surface area contributed by atoms with Gasteiger partial charge < -0.3 is 0 Å². The van der Waals surface area contributed by atoms with Gasteiger partial charge in [0.05, 0.1) is 0 Å². The van der Waals surface area contributed by atoms with Crippen LogP contribution in [-0.2, 0) is 23.2 Å². The van der Waals surface area contributed by atoms with E-state index >= 15 is 0 Å². The minimum atomic E-state index is 0. The molecule has 2 aromatic carbocycles. The van der Waals surface area contributed by atoms with Gasteiger partial charge in [-0.05, 0) is 16.5 Å². The molecule has 2 rings (SSSR count). The van der Waals surface area contributed by atoms with E-state index in [1.54, 1.807) is 0 Å². The maximum atomic E-state index is 2.38. The van der Waals surface area contributed by atoms with Crippen LogP contribution in [0.5, 0.6) is 0 Å². The minimum absolute atomic E-state index is 0. The normalized spacial score (nSPS) is 11.6. The second-order valence-corrected chi connectivity index (χ2v) is 11.0. The molecule has 0 aliphatic heterocycles. The van der Waals surface area contributed by atoms with Crippen LogP contribution in [0.1, 0.15) is 47.1 Å². The molecule has 2 aromatic rings. The topological polar surface area (TPSA) is 0 Å². The van der Waals surface area contributed by atoms with Gasteiger partial charge in [0.1, 0.15) is 0 Å². The van der Waals surface area contributed by atoms with Gasteiger partial charge in [-0.1, -0.05) is 49.5 Å². The summed E-state index contributed by atoms with van der Waals surface area (Å²) in [6.07, 6.45) is 1.26. The third-order valence-corrected chi connectivity index (χ3v) is 7.17. The van der Waals surface area contributed by atoms with Crippen molar-refractivity contribution >= 4 is 7.92 Å². The van der Waals surface area contributed by atoms with Crippen LogP contribution in [0.15, 0.2) is 54.6 Å². The summed E-state index contributed by atoms with van der Waals surface area (Å²) in [5, 5.41) is 0.871. The van der Waals surface area contributed by atoms with Crippen molar-refractivity contribution in [1.29, 1.82) is 0 Å². The van der Waals surface area contributed by atoms with Crippen molar-refractivity contribution < 1.29 is 17.1 Å². The zero-order valence-corrected chi connectivity index (χ0v) is 16.2. The largest absolute Gasteiger partial charge is 2.00 e. The van der Waals surface area contributed by atoms with E-state index in [1.807, 2.05) is 30.3 Å². The van der Waals surface area contributed by atoms with E-state index in [0.717, 1.165) is 0 Å². The summed E-state index contributed by atoms with van der Waals surface area (Å²) < 4.78 is 0. The first-order valence-corrected chi connectivity index (χ1v) is 8.89. The van der Waals surface area contributed by atoms with Gasteiger partial charge in [-0.15, -0.1) is 0 Å². The molecule has 0 nitrogen and oxygen atoms in total.